The molecule has 0 amide bonds. The first kappa shape index (κ1) is 21.9. The second kappa shape index (κ2) is 8.54. The SMILES string of the molecule is COc1cccc(-c2cc3c4ccccc4c(-c4ccc(O)c(C(C)=O)c4)cc3c3ccccc23)c1. The second-order valence-electron chi connectivity index (χ2n) is 9.05. The molecule has 0 aliphatic heterocycles. The predicted molar refractivity (Wildman–Crippen MR) is 148 cm³/mol. The molecule has 36 heavy (non-hydrogen) atoms. The van der Waals surface area contributed by atoms with Crippen molar-refractivity contribution in [1.82, 2.24) is 0 Å². The van der Waals surface area contributed by atoms with Gasteiger partial charge < -0.3 is 9.84 Å². The molecule has 6 rings (SSSR count). The number of benzene rings is 6. The molecule has 6 aromatic rings. The molecule has 0 saturated heterocycles. The third-order valence-corrected chi connectivity index (χ3v) is 6.95. The minimum atomic E-state index is -0.159. The van der Waals surface area contributed by atoms with Gasteiger partial charge in [-0.2, -0.15) is 0 Å². The molecule has 0 saturated carbocycles. The van der Waals surface area contributed by atoms with Crippen molar-refractivity contribution >= 4 is 38.1 Å². The maximum atomic E-state index is 12.1. The molecule has 0 heterocycles. The van der Waals surface area contributed by atoms with Gasteiger partial charge in [-0.05, 0) is 97.9 Å². The van der Waals surface area contributed by atoms with Crippen LogP contribution in [0.25, 0.3) is 54.6 Å². The Labute approximate surface area is 209 Å². The van der Waals surface area contributed by atoms with Crippen molar-refractivity contribution in [3.8, 4) is 33.8 Å². The number of fused-ring (bicyclic) bond motifs is 5. The first-order valence-electron chi connectivity index (χ1n) is 11.9. The van der Waals surface area contributed by atoms with E-state index in [2.05, 4.69) is 66.7 Å². The number of carbonyl (C=O) groups is 1. The zero-order valence-corrected chi connectivity index (χ0v) is 20.1. The van der Waals surface area contributed by atoms with Crippen molar-refractivity contribution in [2.24, 2.45) is 0 Å². The van der Waals surface area contributed by atoms with Gasteiger partial charge in [0.05, 0.1) is 12.7 Å². The summed E-state index contributed by atoms with van der Waals surface area (Å²) in [5.41, 5.74) is 4.51. The lowest BCUT2D eigenvalue weighted by molar-refractivity contribution is 0.101. The average Bonchev–Trinajstić information content (AvgIpc) is 2.92. The van der Waals surface area contributed by atoms with E-state index in [1.807, 2.05) is 24.3 Å². The Morgan fingerprint density at radius 1 is 0.611 bits per heavy atom. The van der Waals surface area contributed by atoms with Gasteiger partial charge in [0.25, 0.3) is 0 Å². The van der Waals surface area contributed by atoms with Gasteiger partial charge in [-0.15, -0.1) is 0 Å². The number of hydrogen-bond acceptors (Lipinski definition) is 3. The number of ketones is 1. The second-order valence-corrected chi connectivity index (χ2v) is 9.05. The summed E-state index contributed by atoms with van der Waals surface area (Å²) in [7, 11) is 1.69. The lowest BCUT2D eigenvalue weighted by Crippen LogP contribution is -1.94. The van der Waals surface area contributed by atoms with Gasteiger partial charge in [0, 0.05) is 0 Å². The highest BCUT2D eigenvalue weighted by Crippen LogP contribution is 2.42. The molecular weight excluding hydrogens is 444 g/mol. The Morgan fingerprint density at radius 2 is 1.17 bits per heavy atom. The summed E-state index contributed by atoms with van der Waals surface area (Å²) in [6.45, 7) is 1.48. The molecule has 0 fully saturated rings. The minimum absolute atomic E-state index is 0.00438. The highest BCUT2D eigenvalue weighted by Gasteiger charge is 2.16. The fraction of sp³-hybridized carbons (Fsp3) is 0.0606. The van der Waals surface area contributed by atoms with E-state index in [-0.39, 0.29) is 11.5 Å². The summed E-state index contributed by atoms with van der Waals surface area (Å²) in [4.78, 5) is 12.1. The number of rotatable bonds is 4. The summed E-state index contributed by atoms with van der Waals surface area (Å²) in [5.74, 6) is 0.669. The molecule has 0 aliphatic rings. The smallest absolute Gasteiger partial charge is 0.163 e. The van der Waals surface area contributed by atoms with Crippen molar-refractivity contribution in [3.63, 3.8) is 0 Å². The molecule has 174 valence electrons. The number of ether oxygens (including phenoxy) is 1. The first-order chi connectivity index (χ1) is 17.5. The summed E-state index contributed by atoms with van der Waals surface area (Å²) >= 11 is 0. The van der Waals surface area contributed by atoms with E-state index in [1.54, 1.807) is 19.2 Å². The number of Topliss-reactive ketones (excluding diaryl/α,β-unsaturated/α-hetero) is 1. The fourth-order valence-corrected chi connectivity index (χ4v) is 5.20. The lowest BCUT2D eigenvalue weighted by atomic mass is 9.87. The van der Waals surface area contributed by atoms with Crippen molar-refractivity contribution in [2.75, 3.05) is 7.11 Å². The first-order valence-corrected chi connectivity index (χ1v) is 11.9. The lowest BCUT2D eigenvalue weighted by Gasteiger charge is -2.16. The van der Waals surface area contributed by atoms with E-state index in [4.69, 9.17) is 4.74 Å². The molecule has 0 spiro atoms. The summed E-state index contributed by atoms with van der Waals surface area (Å²) in [6, 6.07) is 34.8. The number of hydrogen-bond donors (Lipinski definition) is 1. The number of phenols is 1. The van der Waals surface area contributed by atoms with Crippen LogP contribution in [0.15, 0.2) is 103 Å². The van der Waals surface area contributed by atoms with Crippen LogP contribution in [0.5, 0.6) is 11.5 Å². The zero-order chi connectivity index (χ0) is 24.8. The molecule has 3 heteroatoms. The van der Waals surface area contributed by atoms with E-state index in [0.29, 0.717) is 5.56 Å². The molecule has 0 radical (unpaired) electrons. The van der Waals surface area contributed by atoms with E-state index >= 15 is 0 Å². The number of methoxy groups -OCH3 is 1. The van der Waals surface area contributed by atoms with Crippen molar-refractivity contribution < 1.29 is 14.6 Å². The van der Waals surface area contributed by atoms with Crippen LogP contribution in [0.2, 0.25) is 0 Å². The van der Waals surface area contributed by atoms with E-state index in [0.717, 1.165) is 60.3 Å². The van der Waals surface area contributed by atoms with Crippen LogP contribution in [0.1, 0.15) is 17.3 Å². The van der Waals surface area contributed by atoms with Gasteiger partial charge in [-0.3, -0.25) is 4.79 Å². The predicted octanol–water partition coefficient (Wildman–Crippen LogP) is 8.40. The highest BCUT2D eigenvalue weighted by atomic mass is 16.5. The maximum Gasteiger partial charge on any atom is 0.163 e. The van der Waals surface area contributed by atoms with Crippen LogP contribution in [0, 0.1) is 0 Å². The largest absolute Gasteiger partial charge is 0.507 e. The molecular formula is C33H24O3. The maximum absolute atomic E-state index is 12.1. The third-order valence-electron chi connectivity index (χ3n) is 6.95. The standard InChI is InChI=1S/C33H24O3/c1-20(34)28-17-22(14-15-33(28)35)30-19-32-26-12-5-3-10-24(26)29(21-8-7-9-23(16-21)36-2)18-31(32)27-13-6-4-11-25(27)30/h3-19,35H,1-2H3. The third kappa shape index (κ3) is 3.48. The molecule has 0 aliphatic carbocycles. The van der Waals surface area contributed by atoms with Gasteiger partial charge in [0.2, 0.25) is 0 Å². The fourth-order valence-electron chi connectivity index (χ4n) is 5.20. The van der Waals surface area contributed by atoms with Crippen LogP contribution < -0.4 is 4.74 Å². The van der Waals surface area contributed by atoms with Gasteiger partial charge in [-0.1, -0.05) is 66.7 Å². The normalized spacial score (nSPS) is 11.3. The van der Waals surface area contributed by atoms with Crippen LogP contribution in [-0.2, 0) is 0 Å². The molecule has 0 aromatic heterocycles. The average molecular weight is 469 g/mol. The van der Waals surface area contributed by atoms with Crippen LogP contribution in [-0.4, -0.2) is 18.0 Å². The Balaban J connectivity index is 1.74. The van der Waals surface area contributed by atoms with Gasteiger partial charge in [0.1, 0.15) is 11.5 Å². The highest BCUT2D eigenvalue weighted by molar-refractivity contribution is 6.24. The van der Waals surface area contributed by atoms with Crippen LogP contribution >= 0.6 is 0 Å². The Hall–Kier alpha value is -4.63. The number of carbonyl (C=O) groups excluding carboxylic acids is 1. The summed E-state index contributed by atoms with van der Waals surface area (Å²) < 4.78 is 5.50. The van der Waals surface area contributed by atoms with E-state index < -0.39 is 0 Å². The van der Waals surface area contributed by atoms with Gasteiger partial charge in [0.15, 0.2) is 5.78 Å². The van der Waals surface area contributed by atoms with Crippen molar-refractivity contribution in [2.45, 2.75) is 6.92 Å². The number of phenolic OH excluding ortho intramolecular Hbond substituents is 1. The molecule has 6 aromatic carbocycles. The topological polar surface area (TPSA) is 46.5 Å². The molecule has 3 nitrogen and oxygen atoms in total. The van der Waals surface area contributed by atoms with Gasteiger partial charge in [-0.25, -0.2) is 0 Å². The number of aromatic hydroxyl groups is 1. The molecule has 0 unspecified atom stereocenters. The molecule has 1 N–H and O–H groups in total. The summed E-state index contributed by atoms with van der Waals surface area (Å²) in [6.07, 6.45) is 0. The Bertz CT molecular complexity index is 1810. The van der Waals surface area contributed by atoms with Crippen molar-refractivity contribution in [3.05, 3.63) is 109 Å². The van der Waals surface area contributed by atoms with Crippen molar-refractivity contribution in [1.29, 1.82) is 0 Å². The van der Waals surface area contributed by atoms with E-state index in [9.17, 15) is 9.90 Å². The minimum Gasteiger partial charge on any atom is -0.507 e. The Kier molecular flexibility index (Phi) is 5.19. The molecule has 0 atom stereocenters. The van der Waals surface area contributed by atoms with Crippen LogP contribution in [0.3, 0.4) is 0 Å². The Morgan fingerprint density at radius 3 is 1.72 bits per heavy atom. The molecule has 0 bridgehead atoms. The quantitative estimate of drug-likeness (QED) is 0.209. The monoisotopic (exact) mass is 468 g/mol. The zero-order valence-electron chi connectivity index (χ0n) is 20.1. The van der Waals surface area contributed by atoms with Gasteiger partial charge >= 0.3 is 0 Å². The van der Waals surface area contributed by atoms with Crippen LogP contribution in [0.4, 0.5) is 0 Å². The summed E-state index contributed by atoms with van der Waals surface area (Å²) in [5, 5.41) is 17.1. The van der Waals surface area contributed by atoms with E-state index in [1.165, 1.54) is 6.92 Å².